The maximum atomic E-state index is 13.2. The third kappa shape index (κ3) is 3.76. The lowest BCUT2D eigenvalue weighted by Crippen LogP contribution is -2.39. The molecule has 4 rings (SSSR count). The van der Waals surface area contributed by atoms with Crippen LogP contribution < -0.4 is 9.47 Å². The molecule has 0 aliphatic carbocycles. The molecule has 5 nitrogen and oxygen atoms in total. The lowest BCUT2D eigenvalue weighted by atomic mass is 10.0. The van der Waals surface area contributed by atoms with E-state index in [1.165, 1.54) is 4.88 Å². The van der Waals surface area contributed by atoms with E-state index in [1.54, 1.807) is 25.6 Å². The second-order valence-corrected chi connectivity index (χ2v) is 8.48. The molecule has 2 unspecified atom stereocenters. The highest BCUT2D eigenvalue weighted by Gasteiger charge is 2.35. The van der Waals surface area contributed by atoms with Gasteiger partial charge in [-0.05, 0) is 61.9 Å². The summed E-state index contributed by atoms with van der Waals surface area (Å²) < 4.78 is 11.0. The van der Waals surface area contributed by atoms with Crippen molar-refractivity contribution in [2.24, 2.45) is 0 Å². The zero-order valence-corrected chi connectivity index (χ0v) is 17.4. The normalized spacial score (nSPS) is 22.6. The van der Waals surface area contributed by atoms with Crippen LogP contribution in [0.1, 0.15) is 48.2 Å². The Morgan fingerprint density at radius 1 is 1.11 bits per heavy atom. The molecule has 0 N–H and O–H groups in total. The van der Waals surface area contributed by atoms with Crippen molar-refractivity contribution >= 4 is 17.2 Å². The molecule has 1 amide bonds. The van der Waals surface area contributed by atoms with E-state index in [9.17, 15) is 4.79 Å². The van der Waals surface area contributed by atoms with E-state index in [2.05, 4.69) is 33.4 Å². The van der Waals surface area contributed by atoms with E-state index in [1.807, 2.05) is 12.1 Å². The second kappa shape index (κ2) is 8.53. The number of amides is 1. The first kappa shape index (κ1) is 19.3. The SMILES string of the molecule is COc1ccc(OC)c(C2CCCN2CC(=O)N2CCCC2c2cccs2)c1. The summed E-state index contributed by atoms with van der Waals surface area (Å²) in [6, 6.07) is 10.6. The van der Waals surface area contributed by atoms with Crippen LogP contribution in [0.5, 0.6) is 11.5 Å². The molecule has 28 heavy (non-hydrogen) atoms. The fourth-order valence-electron chi connectivity index (χ4n) is 4.57. The molecule has 0 spiro atoms. The molecule has 2 atom stereocenters. The van der Waals surface area contributed by atoms with Gasteiger partial charge in [-0.25, -0.2) is 0 Å². The zero-order chi connectivity index (χ0) is 19.5. The number of ether oxygens (including phenoxy) is 2. The van der Waals surface area contributed by atoms with Crippen molar-refractivity contribution in [1.82, 2.24) is 9.80 Å². The Morgan fingerprint density at radius 2 is 1.93 bits per heavy atom. The second-order valence-electron chi connectivity index (χ2n) is 7.50. The Labute approximate surface area is 170 Å². The topological polar surface area (TPSA) is 42.0 Å². The highest BCUT2D eigenvalue weighted by molar-refractivity contribution is 7.10. The maximum Gasteiger partial charge on any atom is 0.237 e. The molecule has 0 radical (unpaired) electrons. The summed E-state index contributed by atoms with van der Waals surface area (Å²) in [6.07, 6.45) is 4.28. The number of methoxy groups -OCH3 is 2. The summed E-state index contributed by atoms with van der Waals surface area (Å²) in [4.78, 5) is 18.9. The first-order chi connectivity index (χ1) is 13.7. The Bertz CT molecular complexity index is 808. The quantitative estimate of drug-likeness (QED) is 0.726. The molecule has 150 valence electrons. The standard InChI is InChI=1S/C22H28N2O3S/c1-26-16-9-10-20(27-2)17(14-16)18-6-3-11-23(18)15-22(25)24-12-4-7-19(24)21-8-5-13-28-21/h5,8-10,13-14,18-19H,3-4,6-7,11-12,15H2,1-2H3. The summed E-state index contributed by atoms with van der Waals surface area (Å²) in [5.74, 6) is 1.93. The summed E-state index contributed by atoms with van der Waals surface area (Å²) in [5.41, 5.74) is 1.11. The molecule has 2 aliphatic heterocycles. The number of nitrogens with zero attached hydrogens (tertiary/aromatic N) is 2. The smallest absolute Gasteiger partial charge is 0.237 e. The van der Waals surface area contributed by atoms with Crippen molar-refractivity contribution in [3.05, 3.63) is 46.2 Å². The van der Waals surface area contributed by atoms with Crippen LogP contribution >= 0.6 is 11.3 Å². The summed E-state index contributed by atoms with van der Waals surface area (Å²) in [5, 5.41) is 2.10. The number of benzene rings is 1. The van der Waals surface area contributed by atoms with E-state index in [-0.39, 0.29) is 18.0 Å². The molecular weight excluding hydrogens is 372 g/mol. The van der Waals surface area contributed by atoms with Crippen LogP contribution in [0.3, 0.4) is 0 Å². The van der Waals surface area contributed by atoms with E-state index < -0.39 is 0 Å². The third-order valence-electron chi connectivity index (χ3n) is 5.94. The molecule has 1 aromatic carbocycles. The van der Waals surface area contributed by atoms with Crippen LogP contribution in [-0.4, -0.2) is 49.6 Å². The van der Waals surface area contributed by atoms with Gasteiger partial charge < -0.3 is 14.4 Å². The van der Waals surface area contributed by atoms with Gasteiger partial charge in [0.15, 0.2) is 0 Å². The Morgan fingerprint density at radius 3 is 2.68 bits per heavy atom. The van der Waals surface area contributed by atoms with Gasteiger partial charge in [0.1, 0.15) is 11.5 Å². The predicted octanol–water partition coefficient (Wildman–Crippen LogP) is 4.27. The van der Waals surface area contributed by atoms with Crippen molar-refractivity contribution in [2.75, 3.05) is 33.9 Å². The molecule has 0 bridgehead atoms. The minimum absolute atomic E-state index is 0.191. The lowest BCUT2D eigenvalue weighted by molar-refractivity contribution is -0.133. The van der Waals surface area contributed by atoms with E-state index in [4.69, 9.17) is 9.47 Å². The highest BCUT2D eigenvalue weighted by Crippen LogP contribution is 2.40. The van der Waals surface area contributed by atoms with Crippen molar-refractivity contribution in [3.63, 3.8) is 0 Å². The Kier molecular flexibility index (Phi) is 5.87. The monoisotopic (exact) mass is 400 g/mol. The van der Waals surface area contributed by atoms with E-state index in [0.717, 1.165) is 55.8 Å². The zero-order valence-electron chi connectivity index (χ0n) is 16.6. The number of likely N-dealkylation sites (tertiary alicyclic amines) is 2. The first-order valence-corrected chi connectivity index (χ1v) is 10.9. The molecule has 6 heteroatoms. The molecule has 2 saturated heterocycles. The number of hydrogen-bond donors (Lipinski definition) is 0. The molecule has 2 fully saturated rings. The van der Waals surface area contributed by atoms with Crippen molar-refractivity contribution < 1.29 is 14.3 Å². The van der Waals surface area contributed by atoms with E-state index in [0.29, 0.717) is 6.54 Å². The average Bonchev–Trinajstić information content (AvgIpc) is 3.47. The number of hydrogen-bond acceptors (Lipinski definition) is 5. The third-order valence-corrected chi connectivity index (χ3v) is 6.92. The van der Waals surface area contributed by atoms with Crippen LogP contribution in [0.25, 0.3) is 0 Å². The number of carbonyl (C=O) groups is 1. The summed E-state index contributed by atoms with van der Waals surface area (Å²) in [7, 11) is 3.38. The number of carbonyl (C=O) groups excluding carboxylic acids is 1. The summed E-state index contributed by atoms with van der Waals surface area (Å²) >= 11 is 1.75. The maximum absolute atomic E-state index is 13.2. The minimum Gasteiger partial charge on any atom is -0.497 e. The van der Waals surface area contributed by atoms with E-state index >= 15 is 0 Å². The van der Waals surface area contributed by atoms with Gasteiger partial charge in [0, 0.05) is 23.0 Å². The van der Waals surface area contributed by atoms with Gasteiger partial charge in [-0.2, -0.15) is 0 Å². The predicted molar refractivity (Wildman–Crippen MR) is 111 cm³/mol. The fraction of sp³-hybridized carbons (Fsp3) is 0.500. The van der Waals surface area contributed by atoms with Crippen molar-refractivity contribution in [2.45, 2.75) is 37.8 Å². The van der Waals surface area contributed by atoms with Gasteiger partial charge in [-0.3, -0.25) is 9.69 Å². The average molecular weight is 401 g/mol. The number of rotatable bonds is 6. The molecular formula is C22H28N2O3S. The van der Waals surface area contributed by atoms with Crippen LogP contribution in [-0.2, 0) is 4.79 Å². The van der Waals surface area contributed by atoms with Gasteiger partial charge in [0.25, 0.3) is 0 Å². The molecule has 3 heterocycles. The Hall–Kier alpha value is -2.05. The Balaban J connectivity index is 1.51. The largest absolute Gasteiger partial charge is 0.497 e. The van der Waals surface area contributed by atoms with Gasteiger partial charge in [0.05, 0.1) is 26.8 Å². The molecule has 2 aromatic rings. The molecule has 0 saturated carbocycles. The van der Waals surface area contributed by atoms with Crippen LogP contribution in [0.4, 0.5) is 0 Å². The first-order valence-electron chi connectivity index (χ1n) is 10.00. The van der Waals surface area contributed by atoms with Crippen molar-refractivity contribution in [3.8, 4) is 11.5 Å². The van der Waals surface area contributed by atoms with Gasteiger partial charge in [0.2, 0.25) is 5.91 Å². The highest BCUT2D eigenvalue weighted by atomic mass is 32.1. The van der Waals surface area contributed by atoms with Crippen molar-refractivity contribution in [1.29, 1.82) is 0 Å². The fourth-order valence-corrected chi connectivity index (χ4v) is 5.45. The van der Waals surface area contributed by atoms with Crippen LogP contribution in [0, 0.1) is 0 Å². The minimum atomic E-state index is 0.191. The molecule has 1 aromatic heterocycles. The molecule has 2 aliphatic rings. The van der Waals surface area contributed by atoms with Gasteiger partial charge >= 0.3 is 0 Å². The van der Waals surface area contributed by atoms with Gasteiger partial charge in [-0.15, -0.1) is 11.3 Å². The van der Waals surface area contributed by atoms with Gasteiger partial charge in [-0.1, -0.05) is 6.07 Å². The van der Waals surface area contributed by atoms with Crippen LogP contribution in [0.2, 0.25) is 0 Å². The number of thiophene rings is 1. The van der Waals surface area contributed by atoms with Crippen LogP contribution in [0.15, 0.2) is 35.7 Å². The summed E-state index contributed by atoms with van der Waals surface area (Å²) in [6.45, 7) is 2.27. The lowest BCUT2D eigenvalue weighted by Gasteiger charge is -2.30.